The number of hydrogen-bond acceptors (Lipinski definition) is 6. The lowest BCUT2D eigenvalue weighted by atomic mass is 10.1. The van der Waals surface area contributed by atoms with Gasteiger partial charge in [-0.15, -0.1) is 0 Å². The number of hydrogen-bond donors (Lipinski definition) is 1. The van der Waals surface area contributed by atoms with Crippen LogP contribution in [0.25, 0.3) is 10.8 Å². The highest BCUT2D eigenvalue weighted by molar-refractivity contribution is 5.96. The van der Waals surface area contributed by atoms with Crippen LogP contribution in [0.1, 0.15) is 36.8 Å². The number of aromatic nitrogens is 2. The summed E-state index contributed by atoms with van der Waals surface area (Å²) in [6.07, 6.45) is 0. The normalized spacial score (nSPS) is 10.7. The van der Waals surface area contributed by atoms with Crippen molar-refractivity contribution in [3.8, 4) is 17.2 Å². The lowest BCUT2D eigenvalue weighted by Crippen LogP contribution is -2.27. The largest absolute Gasteiger partial charge is 0.490 e. The van der Waals surface area contributed by atoms with E-state index in [0.717, 1.165) is 0 Å². The van der Waals surface area contributed by atoms with Gasteiger partial charge >= 0.3 is 0 Å². The highest BCUT2D eigenvalue weighted by atomic mass is 16.5. The van der Waals surface area contributed by atoms with Gasteiger partial charge in [-0.3, -0.25) is 9.59 Å². The van der Waals surface area contributed by atoms with Crippen LogP contribution in [0.15, 0.2) is 41.2 Å². The molecule has 1 aromatic heterocycles. The van der Waals surface area contributed by atoms with Crippen LogP contribution in [-0.4, -0.2) is 35.5 Å². The smallest absolute Gasteiger partial charge is 0.274 e. The summed E-state index contributed by atoms with van der Waals surface area (Å²) in [5.41, 5.74) is 0.802. The molecule has 2 aromatic carbocycles. The second kappa shape index (κ2) is 9.97. The number of benzene rings is 2. The molecule has 0 fully saturated rings. The predicted molar refractivity (Wildman–Crippen MR) is 118 cm³/mol. The Morgan fingerprint density at radius 1 is 0.968 bits per heavy atom. The molecule has 0 aliphatic carbocycles. The van der Waals surface area contributed by atoms with Crippen molar-refractivity contribution in [3.63, 3.8) is 0 Å². The quantitative estimate of drug-likeness (QED) is 0.567. The summed E-state index contributed by atoms with van der Waals surface area (Å²) in [5.74, 6) is 1.07. The fourth-order valence-electron chi connectivity index (χ4n) is 3.29. The van der Waals surface area contributed by atoms with Crippen LogP contribution in [0.2, 0.25) is 0 Å². The van der Waals surface area contributed by atoms with Gasteiger partial charge in [0, 0.05) is 18.0 Å². The van der Waals surface area contributed by atoms with Crippen molar-refractivity contribution >= 4 is 16.7 Å². The van der Waals surface area contributed by atoms with E-state index in [2.05, 4.69) is 10.4 Å². The molecule has 164 valence electrons. The van der Waals surface area contributed by atoms with Crippen molar-refractivity contribution in [1.29, 1.82) is 0 Å². The maximum Gasteiger partial charge on any atom is 0.274 e. The summed E-state index contributed by atoms with van der Waals surface area (Å²) in [4.78, 5) is 25.2. The number of amides is 1. The number of fused-ring (bicyclic) bond motifs is 1. The first-order chi connectivity index (χ1) is 15.0. The van der Waals surface area contributed by atoms with Crippen LogP contribution < -0.4 is 25.1 Å². The Morgan fingerprint density at radius 2 is 1.55 bits per heavy atom. The Bertz CT molecular complexity index is 1110. The molecule has 0 aliphatic heterocycles. The average molecular weight is 425 g/mol. The van der Waals surface area contributed by atoms with E-state index in [0.29, 0.717) is 59.1 Å². The SMILES string of the molecule is CCOc1cc(C(=O)NCc2nn(C)c(=O)c3ccccc23)cc(OCC)c1OCC. The van der Waals surface area contributed by atoms with Crippen LogP contribution in [0.3, 0.4) is 0 Å². The van der Waals surface area contributed by atoms with Crippen LogP contribution >= 0.6 is 0 Å². The van der Waals surface area contributed by atoms with Gasteiger partial charge in [0.2, 0.25) is 5.75 Å². The van der Waals surface area contributed by atoms with Gasteiger partial charge in [-0.05, 0) is 39.0 Å². The summed E-state index contributed by atoms with van der Waals surface area (Å²) >= 11 is 0. The highest BCUT2D eigenvalue weighted by Crippen LogP contribution is 2.39. The molecule has 0 aliphatic rings. The Balaban J connectivity index is 1.91. The van der Waals surface area contributed by atoms with E-state index in [1.807, 2.05) is 32.9 Å². The molecule has 0 bridgehead atoms. The van der Waals surface area contributed by atoms with E-state index in [4.69, 9.17) is 14.2 Å². The zero-order valence-electron chi connectivity index (χ0n) is 18.2. The average Bonchev–Trinajstić information content (AvgIpc) is 2.77. The van der Waals surface area contributed by atoms with Gasteiger partial charge in [-0.2, -0.15) is 5.10 Å². The molecule has 3 rings (SSSR count). The maximum atomic E-state index is 12.9. The third-order valence-electron chi connectivity index (χ3n) is 4.62. The zero-order valence-corrected chi connectivity index (χ0v) is 18.2. The highest BCUT2D eigenvalue weighted by Gasteiger charge is 2.19. The monoisotopic (exact) mass is 425 g/mol. The fourth-order valence-corrected chi connectivity index (χ4v) is 3.29. The Hall–Kier alpha value is -3.55. The molecule has 0 saturated heterocycles. The summed E-state index contributed by atoms with van der Waals surface area (Å²) in [5, 5.41) is 8.46. The van der Waals surface area contributed by atoms with Crippen molar-refractivity contribution in [1.82, 2.24) is 15.1 Å². The number of carbonyl (C=O) groups is 1. The fraction of sp³-hybridized carbons (Fsp3) is 0.348. The van der Waals surface area contributed by atoms with Gasteiger partial charge in [-0.1, -0.05) is 18.2 Å². The van der Waals surface area contributed by atoms with Crippen LogP contribution in [0.4, 0.5) is 0 Å². The molecule has 0 unspecified atom stereocenters. The molecule has 8 nitrogen and oxygen atoms in total. The molecule has 1 N–H and O–H groups in total. The van der Waals surface area contributed by atoms with Crippen molar-refractivity contribution in [2.75, 3.05) is 19.8 Å². The van der Waals surface area contributed by atoms with E-state index >= 15 is 0 Å². The molecular formula is C23H27N3O5. The van der Waals surface area contributed by atoms with Gasteiger partial charge in [0.25, 0.3) is 11.5 Å². The maximum absolute atomic E-state index is 12.9. The minimum Gasteiger partial charge on any atom is -0.490 e. The number of rotatable bonds is 9. The van der Waals surface area contributed by atoms with E-state index < -0.39 is 0 Å². The second-order valence-corrected chi connectivity index (χ2v) is 6.70. The summed E-state index contributed by atoms with van der Waals surface area (Å²) < 4.78 is 18.3. The van der Waals surface area contributed by atoms with Gasteiger partial charge in [-0.25, -0.2) is 4.68 Å². The lowest BCUT2D eigenvalue weighted by molar-refractivity contribution is 0.0949. The first kappa shape index (κ1) is 22.1. The molecular weight excluding hydrogens is 398 g/mol. The first-order valence-corrected chi connectivity index (χ1v) is 10.3. The number of nitrogens with zero attached hydrogens (tertiary/aromatic N) is 2. The number of aryl methyl sites for hydroxylation is 1. The number of nitrogens with one attached hydrogen (secondary N) is 1. The van der Waals surface area contributed by atoms with Crippen LogP contribution in [0.5, 0.6) is 17.2 Å². The molecule has 3 aromatic rings. The third kappa shape index (κ3) is 4.79. The lowest BCUT2D eigenvalue weighted by Gasteiger charge is -2.17. The molecule has 1 heterocycles. The minimum atomic E-state index is -0.315. The molecule has 0 atom stereocenters. The van der Waals surface area contributed by atoms with E-state index in [-0.39, 0.29) is 18.0 Å². The molecule has 0 spiro atoms. The van der Waals surface area contributed by atoms with Crippen molar-refractivity contribution in [2.45, 2.75) is 27.3 Å². The number of carbonyl (C=O) groups excluding carboxylic acids is 1. The molecule has 8 heteroatoms. The topological polar surface area (TPSA) is 91.7 Å². The van der Waals surface area contributed by atoms with Gasteiger partial charge < -0.3 is 19.5 Å². The Labute approximate surface area is 180 Å². The van der Waals surface area contributed by atoms with Crippen molar-refractivity contribution < 1.29 is 19.0 Å². The van der Waals surface area contributed by atoms with Crippen molar-refractivity contribution in [3.05, 3.63) is 58.0 Å². The van der Waals surface area contributed by atoms with Crippen LogP contribution in [-0.2, 0) is 13.6 Å². The minimum absolute atomic E-state index is 0.161. The zero-order chi connectivity index (χ0) is 22.4. The van der Waals surface area contributed by atoms with Gasteiger partial charge in [0.15, 0.2) is 11.5 Å². The summed E-state index contributed by atoms with van der Waals surface area (Å²) in [6, 6.07) is 10.5. The Morgan fingerprint density at radius 3 is 2.13 bits per heavy atom. The first-order valence-electron chi connectivity index (χ1n) is 10.3. The van der Waals surface area contributed by atoms with Gasteiger partial charge in [0.05, 0.1) is 37.4 Å². The summed E-state index contributed by atoms with van der Waals surface area (Å²) in [6.45, 7) is 7.04. The van der Waals surface area contributed by atoms with Gasteiger partial charge in [0.1, 0.15) is 0 Å². The van der Waals surface area contributed by atoms with Crippen molar-refractivity contribution in [2.24, 2.45) is 7.05 Å². The Kier molecular flexibility index (Phi) is 7.12. The molecule has 0 radical (unpaired) electrons. The third-order valence-corrected chi connectivity index (χ3v) is 4.62. The summed E-state index contributed by atoms with van der Waals surface area (Å²) in [7, 11) is 1.59. The molecule has 1 amide bonds. The van der Waals surface area contributed by atoms with E-state index in [1.165, 1.54) is 4.68 Å². The second-order valence-electron chi connectivity index (χ2n) is 6.70. The van der Waals surface area contributed by atoms with E-state index in [9.17, 15) is 9.59 Å². The van der Waals surface area contributed by atoms with E-state index in [1.54, 1.807) is 31.3 Å². The molecule has 31 heavy (non-hydrogen) atoms. The molecule has 0 saturated carbocycles. The standard InChI is InChI=1S/C23H27N3O5/c1-5-29-19-12-15(13-20(30-6-2)21(19)31-7-3)22(27)24-14-18-16-10-8-9-11-17(16)23(28)26(4)25-18/h8-13H,5-7,14H2,1-4H3,(H,24,27). The number of ether oxygens (including phenoxy) is 3. The van der Waals surface area contributed by atoms with Crippen LogP contribution in [0, 0.1) is 0 Å². The predicted octanol–water partition coefficient (Wildman–Crippen LogP) is 3.06.